The largest absolute Gasteiger partial charge is 0.480 e. The molecule has 1 aliphatic rings. The highest BCUT2D eigenvalue weighted by atomic mass is 16.4. The number of aliphatic carboxylic acids is 1. The molecule has 6 nitrogen and oxygen atoms in total. The number of carbonyl (C=O) groups excluding carboxylic acids is 1. The minimum absolute atomic E-state index is 0.145. The van der Waals surface area contributed by atoms with Crippen molar-refractivity contribution in [2.24, 2.45) is 11.7 Å². The standard InChI is InChI=1S/C11H20N2O4/c1-6(14)9(11(16)17)13-10(15)7-2-4-8(12)5-3-7/h6-9,14H,2-5,12H2,1H3,(H,13,15)(H,16,17). The molecule has 17 heavy (non-hydrogen) atoms. The van der Waals surface area contributed by atoms with Crippen LogP contribution in [0.2, 0.25) is 0 Å². The molecule has 1 rings (SSSR count). The molecule has 1 aliphatic carbocycles. The number of amides is 1. The van der Waals surface area contributed by atoms with Gasteiger partial charge in [0.1, 0.15) is 0 Å². The predicted molar refractivity (Wildman–Crippen MR) is 61.2 cm³/mol. The number of aliphatic hydroxyl groups is 1. The molecule has 0 aromatic heterocycles. The van der Waals surface area contributed by atoms with Gasteiger partial charge < -0.3 is 21.3 Å². The van der Waals surface area contributed by atoms with Crippen LogP contribution in [0.1, 0.15) is 32.6 Å². The number of carbonyl (C=O) groups is 2. The molecule has 1 fully saturated rings. The minimum atomic E-state index is -1.24. The Balaban J connectivity index is 2.50. The van der Waals surface area contributed by atoms with Crippen LogP contribution < -0.4 is 11.1 Å². The first kappa shape index (κ1) is 13.9. The second-order valence-corrected chi connectivity index (χ2v) is 4.68. The summed E-state index contributed by atoms with van der Waals surface area (Å²) in [4.78, 5) is 22.6. The smallest absolute Gasteiger partial charge is 0.328 e. The van der Waals surface area contributed by atoms with E-state index in [1.807, 2.05) is 0 Å². The molecule has 0 saturated heterocycles. The highest BCUT2D eigenvalue weighted by Gasteiger charge is 2.30. The summed E-state index contributed by atoms with van der Waals surface area (Å²) in [7, 11) is 0. The summed E-state index contributed by atoms with van der Waals surface area (Å²) < 4.78 is 0. The Kier molecular flexibility index (Phi) is 4.89. The quantitative estimate of drug-likeness (QED) is 0.530. The number of hydrogen-bond acceptors (Lipinski definition) is 4. The molecular formula is C11H20N2O4. The van der Waals surface area contributed by atoms with Crippen LogP contribution in [0.4, 0.5) is 0 Å². The molecule has 6 heteroatoms. The van der Waals surface area contributed by atoms with Crippen LogP contribution in [0.5, 0.6) is 0 Å². The maximum absolute atomic E-state index is 11.8. The van der Waals surface area contributed by atoms with Gasteiger partial charge in [0.25, 0.3) is 0 Å². The zero-order chi connectivity index (χ0) is 13.0. The Morgan fingerprint density at radius 2 is 1.82 bits per heavy atom. The third-order valence-corrected chi connectivity index (χ3v) is 3.19. The monoisotopic (exact) mass is 244 g/mol. The molecule has 0 spiro atoms. The van der Waals surface area contributed by atoms with Gasteiger partial charge in [-0.25, -0.2) is 4.79 Å². The van der Waals surface area contributed by atoms with Crippen LogP contribution in [0.15, 0.2) is 0 Å². The van der Waals surface area contributed by atoms with Crippen LogP contribution >= 0.6 is 0 Å². The predicted octanol–water partition coefficient (Wildman–Crippen LogP) is -0.546. The highest BCUT2D eigenvalue weighted by molar-refractivity contribution is 5.85. The lowest BCUT2D eigenvalue weighted by molar-refractivity contribution is -0.145. The van der Waals surface area contributed by atoms with Crippen LogP contribution in [0, 0.1) is 5.92 Å². The molecule has 0 aliphatic heterocycles. The number of nitrogens with two attached hydrogens (primary N) is 1. The highest BCUT2D eigenvalue weighted by Crippen LogP contribution is 2.23. The molecule has 1 amide bonds. The van der Waals surface area contributed by atoms with E-state index in [0.717, 1.165) is 12.8 Å². The third kappa shape index (κ3) is 3.98. The molecule has 0 bridgehead atoms. The zero-order valence-corrected chi connectivity index (χ0v) is 9.93. The Hall–Kier alpha value is -1.14. The zero-order valence-electron chi connectivity index (χ0n) is 9.93. The van der Waals surface area contributed by atoms with Crippen LogP contribution in [0.25, 0.3) is 0 Å². The summed E-state index contributed by atoms with van der Waals surface area (Å²) >= 11 is 0. The van der Waals surface area contributed by atoms with E-state index in [0.29, 0.717) is 12.8 Å². The van der Waals surface area contributed by atoms with Gasteiger partial charge in [-0.15, -0.1) is 0 Å². The van der Waals surface area contributed by atoms with Crippen molar-refractivity contribution in [3.05, 3.63) is 0 Å². The van der Waals surface area contributed by atoms with Crippen molar-refractivity contribution >= 4 is 11.9 Å². The van der Waals surface area contributed by atoms with Crippen molar-refractivity contribution < 1.29 is 19.8 Å². The molecule has 2 unspecified atom stereocenters. The summed E-state index contributed by atoms with van der Waals surface area (Å²) in [6.07, 6.45) is 1.81. The number of hydrogen-bond donors (Lipinski definition) is 4. The third-order valence-electron chi connectivity index (χ3n) is 3.19. The normalized spacial score (nSPS) is 28.2. The van der Waals surface area contributed by atoms with E-state index < -0.39 is 18.1 Å². The first-order valence-electron chi connectivity index (χ1n) is 5.88. The fourth-order valence-corrected chi connectivity index (χ4v) is 2.04. The maximum atomic E-state index is 11.8. The van der Waals surface area contributed by atoms with Gasteiger partial charge in [0.15, 0.2) is 6.04 Å². The van der Waals surface area contributed by atoms with E-state index in [4.69, 9.17) is 10.8 Å². The van der Waals surface area contributed by atoms with Gasteiger partial charge >= 0.3 is 5.97 Å². The molecule has 5 N–H and O–H groups in total. The molecule has 0 aromatic carbocycles. The topological polar surface area (TPSA) is 113 Å². The Morgan fingerprint density at radius 1 is 1.29 bits per heavy atom. The number of aliphatic hydroxyl groups excluding tert-OH is 1. The van der Waals surface area contributed by atoms with Gasteiger partial charge in [0.2, 0.25) is 5.91 Å². The summed E-state index contributed by atoms with van der Waals surface area (Å²) in [5, 5.41) is 20.5. The lowest BCUT2D eigenvalue weighted by Gasteiger charge is -2.27. The molecular weight excluding hydrogens is 224 g/mol. The first-order chi connectivity index (χ1) is 7.91. The molecule has 98 valence electrons. The van der Waals surface area contributed by atoms with Gasteiger partial charge in [-0.1, -0.05) is 0 Å². The lowest BCUT2D eigenvalue weighted by atomic mass is 9.85. The average molecular weight is 244 g/mol. The second-order valence-electron chi connectivity index (χ2n) is 4.68. The average Bonchev–Trinajstić information content (AvgIpc) is 2.25. The second kappa shape index (κ2) is 5.97. The Labute approximate surface area is 100 Å². The molecule has 0 heterocycles. The number of nitrogens with one attached hydrogen (secondary N) is 1. The van der Waals surface area contributed by atoms with Crippen molar-refractivity contribution in [2.75, 3.05) is 0 Å². The van der Waals surface area contributed by atoms with E-state index in [1.54, 1.807) is 0 Å². The molecule has 0 aromatic rings. The Bertz CT molecular complexity index is 285. The van der Waals surface area contributed by atoms with Crippen molar-refractivity contribution in [2.45, 2.75) is 50.8 Å². The van der Waals surface area contributed by atoms with Gasteiger partial charge in [0.05, 0.1) is 6.10 Å². The van der Waals surface area contributed by atoms with Crippen molar-refractivity contribution in [3.8, 4) is 0 Å². The summed E-state index contributed by atoms with van der Waals surface area (Å²) in [6.45, 7) is 1.34. The van der Waals surface area contributed by atoms with E-state index in [2.05, 4.69) is 5.32 Å². The van der Waals surface area contributed by atoms with Crippen LogP contribution in [-0.4, -0.2) is 40.3 Å². The van der Waals surface area contributed by atoms with Crippen molar-refractivity contribution in [1.29, 1.82) is 0 Å². The van der Waals surface area contributed by atoms with E-state index in [9.17, 15) is 14.7 Å². The first-order valence-corrected chi connectivity index (χ1v) is 5.88. The summed E-state index contributed by atoms with van der Waals surface area (Å²) in [6, 6.07) is -1.09. The van der Waals surface area contributed by atoms with Gasteiger partial charge in [0, 0.05) is 12.0 Å². The Morgan fingerprint density at radius 3 is 2.24 bits per heavy atom. The fourth-order valence-electron chi connectivity index (χ4n) is 2.04. The fraction of sp³-hybridized carbons (Fsp3) is 0.818. The maximum Gasteiger partial charge on any atom is 0.328 e. The molecule has 1 saturated carbocycles. The SMILES string of the molecule is CC(O)C(NC(=O)C1CCC(N)CC1)C(=O)O. The van der Waals surface area contributed by atoms with Crippen molar-refractivity contribution in [3.63, 3.8) is 0 Å². The molecule has 0 radical (unpaired) electrons. The van der Waals surface area contributed by atoms with E-state index in [1.165, 1.54) is 6.92 Å². The van der Waals surface area contributed by atoms with Crippen molar-refractivity contribution in [1.82, 2.24) is 5.32 Å². The number of carboxylic acid groups (broad SMARTS) is 1. The van der Waals surface area contributed by atoms with Gasteiger partial charge in [-0.2, -0.15) is 0 Å². The van der Waals surface area contributed by atoms with Crippen LogP contribution in [-0.2, 0) is 9.59 Å². The summed E-state index contributed by atoms with van der Waals surface area (Å²) in [5.74, 6) is -1.71. The van der Waals surface area contributed by atoms with Gasteiger partial charge in [-0.05, 0) is 32.6 Å². The lowest BCUT2D eigenvalue weighted by Crippen LogP contribution is -2.50. The van der Waals surface area contributed by atoms with E-state index >= 15 is 0 Å². The number of carboxylic acids is 1. The minimum Gasteiger partial charge on any atom is -0.480 e. The number of rotatable bonds is 4. The molecule has 2 atom stereocenters. The van der Waals surface area contributed by atoms with Crippen LogP contribution in [0.3, 0.4) is 0 Å². The van der Waals surface area contributed by atoms with Gasteiger partial charge in [-0.3, -0.25) is 4.79 Å². The van der Waals surface area contributed by atoms with E-state index in [-0.39, 0.29) is 17.9 Å². The summed E-state index contributed by atoms with van der Waals surface area (Å²) in [5.41, 5.74) is 5.73.